The first-order chi connectivity index (χ1) is 8.67. The maximum absolute atomic E-state index is 11.9. The number of terminal acetylenes is 1. The van der Waals surface area contributed by atoms with Crippen LogP contribution in [0.2, 0.25) is 0 Å². The van der Waals surface area contributed by atoms with Crippen molar-refractivity contribution in [1.82, 2.24) is 4.98 Å². The van der Waals surface area contributed by atoms with E-state index in [4.69, 9.17) is 6.42 Å². The van der Waals surface area contributed by atoms with Crippen molar-refractivity contribution in [2.24, 2.45) is 5.92 Å². The van der Waals surface area contributed by atoms with E-state index in [1.807, 2.05) is 25.1 Å². The largest absolute Gasteiger partial charge is 0.311 e. The summed E-state index contributed by atoms with van der Waals surface area (Å²) >= 11 is 1.66. The van der Waals surface area contributed by atoms with Crippen molar-refractivity contribution in [1.29, 1.82) is 0 Å². The number of thiazole rings is 1. The van der Waals surface area contributed by atoms with Crippen LogP contribution in [0.3, 0.4) is 0 Å². The number of rotatable bonds is 1. The SMILES string of the molecule is C#CC1CC(=O)N(c2ccc3sc(C)nc3c2)C1. The molecule has 0 spiro atoms. The summed E-state index contributed by atoms with van der Waals surface area (Å²) in [5.74, 6) is 2.79. The van der Waals surface area contributed by atoms with E-state index in [-0.39, 0.29) is 11.8 Å². The van der Waals surface area contributed by atoms with Gasteiger partial charge in [0, 0.05) is 24.6 Å². The first kappa shape index (κ1) is 11.2. The van der Waals surface area contributed by atoms with Gasteiger partial charge in [-0.15, -0.1) is 23.7 Å². The molecule has 0 radical (unpaired) electrons. The normalized spacial score (nSPS) is 19.4. The second-order valence-corrected chi connectivity index (χ2v) is 5.69. The van der Waals surface area contributed by atoms with Crippen LogP contribution in [-0.2, 0) is 4.79 Å². The van der Waals surface area contributed by atoms with Crippen LogP contribution in [-0.4, -0.2) is 17.4 Å². The quantitative estimate of drug-likeness (QED) is 0.735. The molecule has 1 atom stereocenters. The van der Waals surface area contributed by atoms with Crippen molar-refractivity contribution in [2.75, 3.05) is 11.4 Å². The third-order valence-electron chi connectivity index (χ3n) is 3.15. The van der Waals surface area contributed by atoms with Crippen LogP contribution >= 0.6 is 11.3 Å². The summed E-state index contributed by atoms with van der Waals surface area (Å²) < 4.78 is 1.15. The average molecular weight is 256 g/mol. The number of fused-ring (bicyclic) bond motifs is 1. The van der Waals surface area contributed by atoms with Gasteiger partial charge in [0.15, 0.2) is 0 Å². The average Bonchev–Trinajstić information content (AvgIpc) is 2.89. The molecule has 4 heteroatoms. The standard InChI is InChI=1S/C14H12N2OS/c1-3-10-6-14(17)16(8-10)11-4-5-13-12(7-11)15-9(2)18-13/h1,4-5,7,10H,6,8H2,2H3. The lowest BCUT2D eigenvalue weighted by molar-refractivity contribution is -0.117. The molecule has 1 aromatic heterocycles. The number of benzene rings is 1. The third kappa shape index (κ3) is 1.77. The Kier molecular flexibility index (Phi) is 2.57. The van der Waals surface area contributed by atoms with Crippen molar-refractivity contribution in [2.45, 2.75) is 13.3 Å². The van der Waals surface area contributed by atoms with Gasteiger partial charge in [-0.05, 0) is 25.1 Å². The van der Waals surface area contributed by atoms with Gasteiger partial charge in [0.2, 0.25) is 5.91 Å². The molecule has 1 fully saturated rings. The lowest BCUT2D eigenvalue weighted by Gasteiger charge is -2.15. The minimum absolute atomic E-state index is 0.0327. The van der Waals surface area contributed by atoms with Crippen molar-refractivity contribution in [3.05, 3.63) is 23.2 Å². The van der Waals surface area contributed by atoms with Crippen molar-refractivity contribution in [3.63, 3.8) is 0 Å². The molecular formula is C14H12N2OS. The molecule has 3 rings (SSSR count). The molecule has 3 nitrogen and oxygen atoms in total. The first-order valence-corrected chi connectivity index (χ1v) is 6.62. The first-order valence-electron chi connectivity index (χ1n) is 5.81. The molecule has 1 aliphatic heterocycles. The van der Waals surface area contributed by atoms with Gasteiger partial charge in [0.1, 0.15) is 0 Å². The summed E-state index contributed by atoms with van der Waals surface area (Å²) in [6.45, 7) is 2.60. The van der Waals surface area contributed by atoms with Crippen molar-refractivity contribution < 1.29 is 4.79 Å². The fourth-order valence-electron chi connectivity index (χ4n) is 2.27. The van der Waals surface area contributed by atoms with E-state index in [2.05, 4.69) is 10.9 Å². The molecule has 1 saturated heterocycles. The predicted molar refractivity (Wildman–Crippen MR) is 73.7 cm³/mol. The molecule has 1 aromatic carbocycles. The van der Waals surface area contributed by atoms with Gasteiger partial charge < -0.3 is 4.90 Å². The third-order valence-corrected chi connectivity index (χ3v) is 4.10. The summed E-state index contributed by atoms with van der Waals surface area (Å²) in [7, 11) is 0. The Morgan fingerprint density at radius 3 is 3.11 bits per heavy atom. The number of aryl methyl sites for hydroxylation is 1. The molecule has 2 aromatic rings. The number of anilines is 1. The van der Waals surface area contributed by atoms with Crippen LogP contribution in [0.4, 0.5) is 5.69 Å². The fourth-order valence-corrected chi connectivity index (χ4v) is 3.08. The molecule has 90 valence electrons. The summed E-state index contributed by atoms with van der Waals surface area (Å²) in [5, 5.41) is 1.04. The predicted octanol–water partition coefficient (Wildman–Crippen LogP) is 2.59. The maximum atomic E-state index is 11.9. The summed E-state index contributed by atoms with van der Waals surface area (Å²) in [6, 6.07) is 5.96. The summed E-state index contributed by atoms with van der Waals surface area (Å²) in [6.07, 6.45) is 5.84. The van der Waals surface area contributed by atoms with E-state index in [1.54, 1.807) is 16.2 Å². The smallest absolute Gasteiger partial charge is 0.228 e. The lowest BCUT2D eigenvalue weighted by atomic mass is 10.1. The molecule has 18 heavy (non-hydrogen) atoms. The zero-order valence-corrected chi connectivity index (χ0v) is 10.8. The number of carbonyl (C=O) groups is 1. The Labute approximate surface area is 109 Å². The molecule has 1 amide bonds. The lowest BCUT2D eigenvalue weighted by Crippen LogP contribution is -2.24. The number of aromatic nitrogens is 1. The highest BCUT2D eigenvalue weighted by Crippen LogP contribution is 2.29. The van der Waals surface area contributed by atoms with E-state index >= 15 is 0 Å². The minimum atomic E-state index is 0.0327. The number of amides is 1. The van der Waals surface area contributed by atoms with Crippen molar-refractivity contribution in [3.8, 4) is 12.3 Å². The molecule has 1 aliphatic rings. The second-order valence-electron chi connectivity index (χ2n) is 4.46. The van der Waals surface area contributed by atoms with Gasteiger partial charge >= 0.3 is 0 Å². The number of hydrogen-bond acceptors (Lipinski definition) is 3. The number of nitrogens with zero attached hydrogens (tertiary/aromatic N) is 2. The van der Waals surface area contributed by atoms with Gasteiger partial charge in [0.05, 0.1) is 15.2 Å². The minimum Gasteiger partial charge on any atom is -0.311 e. The van der Waals surface area contributed by atoms with E-state index in [0.717, 1.165) is 20.9 Å². The molecule has 0 saturated carbocycles. The number of carbonyl (C=O) groups excluding carboxylic acids is 1. The Morgan fingerprint density at radius 1 is 1.56 bits per heavy atom. The Bertz CT molecular complexity index is 668. The van der Waals surface area contributed by atoms with Crippen LogP contribution in [0.5, 0.6) is 0 Å². The maximum Gasteiger partial charge on any atom is 0.228 e. The van der Waals surface area contributed by atoms with Gasteiger partial charge in [0.25, 0.3) is 0 Å². The highest BCUT2D eigenvalue weighted by Gasteiger charge is 2.29. The van der Waals surface area contributed by atoms with Crippen LogP contribution in [0.1, 0.15) is 11.4 Å². The Hall–Kier alpha value is -1.86. The number of hydrogen-bond donors (Lipinski definition) is 0. The Balaban J connectivity index is 1.99. The van der Waals surface area contributed by atoms with Crippen molar-refractivity contribution >= 4 is 33.1 Å². The highest BCUT2D eigenvalue weighted by molar-refractivity contribution is 7.18. The molecule has 1 unspecified atom stereocenters. The fraction of sp³-hybridized carbons (Fsp3) is 0.286. The zero-order chi connectivity index (χ0) is 12.7. The van der Waals surface area contributed by atoms with Gasteiger partial charge in [-0.2, -0.15) is 0 Å². The van der Waals surface area contributed by atoms with Gasteiger partial charge in [-0.3, -0.25) is 4.79 Å². The van der Waals surface area contributed by atoms with Crippen LogP contribution in [0.25, 0.3) is 10.2 Å². The molecule has 0 N–H and O–H groups in total. The summed E-state index contributed by atoms with van der Waals surface area (Å²) in [4.78, 5) is 18.1. The van der Waals surface area contributed by atoms with E-state index in [9.17, 15) is 4.79 Å². The van der Waals surface area contributed by atoms with Crippen LogP contribution < -0.4 is 4.90 Å². The van der Waals surface area contributed by atoms with E-state index < -0.39 is 0 Å². The molecule has 0 bridgehead atoms. The van der Waals surface area contributed by atoms with Crippen LogP contribution in [0, 0.1) is 25.2 Å². The van der Waals surface area contributed by atoms with E-state index in [1.165, 1.54) is 0 Å². The van der Waals surface area contributed by atoms with Gasteiger partial charge in [-0.25, -0.2) is 4.98 Å². The van der Waals surface area contributed by atoms with Gasteiger partial charge in [-0.1, -0.05) is 0 Å². The zero-order valence-electron chi connectivity index (χ0n) is 10.0. The second kappa shape index (κ2) is 4.11. The van der Waals surface area contributed by atoms with Crippen LogP contribution in [0.15, 0.2) is 18.2 Å². The molecular weight excluding hydrogens is 244 g/mol. The van der Waals surface area contributed by atoms with E-state index in [0.29, 0.717) is 13.0 Å². The molecule has 0 aliphatic carbocycles. The molecule has 2 heterocycles. The highest BCUT2D eigenvalue weighted by atomic mass is 32.1. The summed E-state index contributed by atoms with van der Waals surface area (Å²) in [5.41, 5.74) is 1.85. The topological polar surface area (TPSA) is 33.2 Å². The Morgan fingerprint density at radius 2 is 2.39 bits per heavy atom. The monoisotopic (exact) mass is 256 g/mol.